The summed E-state index contributed by atoms with van der Waals surface area (Å²) in [7, 11) is 3.13. The number of para-hydroxylation sites is 5. The Hall–Kier alpha value is -14.5. The van der Waals surface area contributed by atoms with E-state index in [-0.39, 0.29) is 94.1 Å². The van der Waals surface area contributed by atoms with Gasteiger partial charge in [-0.05, 0) is 166 Å². The zero-order valence-corrected chi connectivity index (χ0v) is 70.5. The van der Waals surface area contributed by atoms with Crippen LogP contribution < -0.4 is 54.2 Å². The van der Waals surface area contributed by atoms with Gasteiger partial charge >= 0.3 is 22.5 Å². The maximum Gasteiger partial charge on any atom is 0.354 e. The normalized spacial score (nSPS) is 11.3. The van der Waals surface area contributed by atoms with Crippen LogP contribution in [0.25, 0.3) is 87.5 Å². The molecule has 0 fully saturated rings. The quantitative estimate of drug-likeness (QED) is 0.0653. The van der Waals surface area contributed by atoms with E-state index in [1.807, 2.05) is 60.7 Å². The van der Waals surface area contributed by atoms with Gasteiger partial charge in [0.2, 0.25) is 0 Å². The largest absolute Gasteiger partial charge is 0.506 e. The molecule has 19 rings (SSSR count). The smallest absolute Gasteiger partial charge is 0.354 e. The number of aromatic nitrogens is 4. The van der Waals surface area contributed by atoms with Crippen LogP contribution >= 0.6 is 62.8 Å². The number of nitrogens with zero attached hydrogens (tertiary/aromatic N) is 4. The van der Waals surface area contributed by atoms with Crippen molar-refractivity contribution in [2.75, 3.05) is 14.2 Å². The lowest BCUT2D eigenvalue weighted by Gasteiger charge is -2.15. The molecule has 628 valence electrons. The summed E-state index contributed by atoms with van der Waals surface area (Å²) >= 11 is 11.7. The first-order valence-corrected chi connectivity index (χ1v) is 41.8. The first kappa shape index (κ1) is 85.1. The highest BCUT2D eigenvalue weighted by molar-refractivity contribution is 9.10. The fourth-order valence-corrected chi connectivity index (χ4v) is 17.7. The van der Waals surface area contributed by atoms with Gasteiger partial charge in [0, 0.05) is 46.8 Å². The third-order valence-electron chi connectivity index (χ3n) is 20.3. The maximum atomic E-state index is 14.2. The van der Waals surface area contributed by atoms with Gasteiger partial charge in [-0.2, -0.15) is 0 Å². The fraction of sp³-hybridized carbons (Fsp3) is 0.0625. The van der Waals surface area contributed by atoms with Gasteiger partial charge in [-0.1, -0.05) is 186 Å². The molecule has 22 nitrogen and oxygen atoms in total. The Labute approximate surface area is 733 Å². The number of rotatable bonds is 16. The second kappa shape index (κ2) is 36.5. The molecule has 126 heavy (non-hydrogen) atoms. The van der Waals surface area contributed by atoms with E-state index in [1.54, 1.807) is 184 Å². The lowest BCUT2D eigenvalue weighted by molar-refractivity contribution is 0.408. The van der Waals surface area contributed by atoms with Gasteiger partial charge in [0.1, 0.15) is 69.7 Å². The molecule has 0 bridgehead atoms. The molecule has 4 N–H and O–H groups in total. The molecule has 0 saturated carbocycles. The Morgan fingerprint density at radius 2 is 0.722 bits per heavy atom. The van der Waals surface area contributed by atoms with Crippen molar-refractivity contribution in [1.29, 1.82) is 0 Å². The Balaban J connectivity index is 0.000000124. The van der Waals surface area contributed by atoms with Crippen molar-refractivity contribution in [3.05, 3.63) is 405 Å². The standard InChI is InChI=1S/C26H18FNO5S.C25H15ClFNO4S.C25H16FNO4S.C20H14BrNO5/c1-32-16-8-6-7-15(13-16)14-28-19-11-4-2-9-17(19)23-21(25(28)30)22(29)24(26(31)33-23)34-20-12-5-3-10-18(20)27;26-15-6-4-8-17(12-15)33-23-21(29)20-22(32-25(23)31)18-9-1-2-10-19(18)28(24(20)30)13-14-5-3-7-16(27)11-14;26-16-8-6-7-15(13-16)14-27-19-12-5-4-11-18(19)22-20(24(27)29)21(28)23(25(30)31-22)32-17-9-2-1-3-10-17;1-26-14-9-5-2-6-11(14)10-22-13-8-4-3-7-12(13)18-15(19(22)24)17(23)16(21)20(25)27-18/h2-13,29H,14H2,1H3;1-12,29H,13H2;1-13,28H,14H2;2-9,23H,10H2,1H3. The van der Waals surface area contributed by atoms with Crippen molar-refractivity contribution in [1.82, 2.24) is 18.3 Å². The summed E-state index contributed by atoms with van der Waals surface area (Å²) in [6.07, 6.45) is 0. The molecule has 0 aliphatic rings. The van der Waals surface area contributed by atoms with E-state index >= 15 is 0 Å². The van der Waals surface area contributed by atoms with Crippen molar-refractivity contribution >= 4 is 150 Å². The summed E-state index contributed by atoms with van der Waals surface area (Å²) in [6, 6.07) is 76.2. The van der Waals surface area contributed by atoms with Crippen LogP contribution in [0.2, 0.25) is 5.02 Å². The van der Waals surface area contributed by atoms with Crippen LogP contribution in [-0.4, -0.2) is 52.9 Å². The molecule has 8 aromatic heterocycles. The van der Waals surface area contributed by atoms with E-state index in [9.17, 15) is 72.0 Å². The number of hydrogen-bond donors (Lipinski definition) is 4. The van der Waals surface area contributed by atoms with Crippen LogP contribution in [0.15, 0.2) is 363 Å². The number of aromatic hydroxyl groups is 4. The zero-order valence-electron chi connectivity index (χ0n) is 65.7. The monoisotopic (exact) mass is 1830 g/mol. The summed E-state index contributed by atoms with van der Waals surface area (Å²) in [5.41, 5.74) is -0.153. The molecular weight excluding hydrogens is 1770 g/mol. The minimum Gasteiger partial charge on any atom is -0.506 e. The van der Waals surface area contributed by atoms with Gasteiger partial charge in [0.05, 0.1) is 62.5 Å². The molecule has 0 spiro atoms. The third-order valence-corrected chi connectivity index (χ3v) is 24.5. The Kier molecular flexibility index (Phi) is 24.7. The number of halogens is 5. The van der Waals surface area contributed by atoms with Crippen molar-refractivity contribution in [3.63, 3.8) is 0 Å². The Bertz CT molecular complexity index is 8120. The van der Waals surface area contributed by atoms with Crippen molar-refractivity contribution in [2.24, 2.45) is 0 Å². The van der Waals surface area contributed by atoms with Crippen LogP contribution in [0.1, 0.15) is 22.3 Å². The highest BCUT2D eigenvalue weighted by Crippen LogP contribution is 2.42. The van der Waals surface area contributed by atoms with Gasteiger partial charge < -0.3 is 65.8 Å². The molecule has 11 aromatic carbocycles. The van der Waals surface area contributed by atoms with E-state index in [4.69, 9.17) is 38.7 Å². The predicted molar refractivity (Wildman–Crippen MR) is 483 cm³/mol. The molecule has 19 aromatic rings. The van der Waals surface area contributed by atoms with Gasteiger partial charge in [0.25, 0.3) is 22.2 Å². The molecule has 0 aliphatic carbocycles. The van der Waals surface area contributed by atoms with E-state index in [0.29, 0.717) is 87.9 Å². The fourth-order valence-electron chi connectivity index (χ4n) is 14.5. The van der Waals surface area contributed by atoms with E-state index < -0.39 is 85.2 Å². The van der Waals surface area contributed by atoms with E-state index in [2.05, 4.69) is 15.9 Å². The highest BCUT2D eigenvalue weighted by Gasteiger charge is 2.28. The zero-order chi connectivity index (χ0) is 88.3. The van der Waals surface area contributed by atoms with E-state index in [1.165, 1.54) is 60.7 Å². The number of methoxy groups -OCH3 is 2. The highest BCUT2D eigenvalue weighted by atomic mass is 79.9. The van der Waals surface area contributed by atoms with Gasteiger partial charge in [-0.15, -0.1) is 0 Å². The number of fused-ring (bicyclic) bond motifs is 12. The molecule has 30 heteroatoms. The molecule has 8 heterocycles. The lowest BCUT2D eigenvalue weighted by Crippen LogP contribution is -2.22. The minimum atomic E-state index is -0.853. The molecule has 0 aliphatic heterocycles. The second-order valence-electron chi connectivity index (χ2n) is 28.1. The van der Waals surface area contributed by atoms with Crippen LogP contribution in [0.4, 0.5) is 13.2 Å². The SMILES string of the molecule is COc1cccc(Cn2c(=O)c3c(O)c(Sc4ccccc4F)c(=O)oc3c3ccccc32)c1.COc1ccccc1Cn1c(=O)c2c(O)c(Br)c(=O)oc2c2ccccc21.O=c1oc2c(c(O)c1Sc1cccc(Cl)c1)c(=O)n(Cc1cccc(F)c1)c1ccccc21.O=c1oc2c(c(O)c1Sc1ccccc1)c(=O)n(Cc1cccc(F)c1)c1ccccc21. The van der Waals surface area contributed by atoms with Crippen molar-refractivity contribution in [3.8, 4) is 34.5 Å². The molecule has 0 saturated heterocycles. The van der Waals surface area contributed by atoms with Crippen molar-refractivity contribution in [2.45, 2.75) is 55.6 Å². The average molecular weight is 1830 g/mol. The topological polar surface area (TPSA) is 308 Å². The van der Waals surface area contributed by atoms with Crippen molar-refractivity contribution < 1.29 is 60.7 Å². The summed E-state index contributed by atoms with van der Waals surface area (Å²) in [4.78, 5) is 105. The van der Waals surface area contributed by atoms with E-state index in [0.717, 1.165) is 39.5 Å². The average Bonchev–Trinajstić information content (AvgIpc) is 0.751. The second-order valence-corrected chi connectivity index (χ2v) is 32.6. The van der Waals surface area contributed by atoms with Gasteiger partial charge in [0.15, 0.2) is 45.3 Å². The van der Waals surface area contributed by atoms with Crippen LogP contribution in [-0.2, 0) is 26.2 Å². The molecule has 0 amide bonds. The summed E-state index contributed by atoms with van der Waals surface area (Å²) in [6.45, 7) is 0.589. The first-order chi connectivity index (χ1) is 60.9. The van der Waals surface area contributed by atoms with Gasteiger partial charge in [-0.25, -0.2) is 32.3 Å². The minimum absolute atomic E-state index is 0.00374. The van der Waals surface area contributed by atoms with Crippen LogP contribution in [0.5, 0.6) is 34.5 Å². The molecule has 0 radical (unpaired) electrons. The van der Waals surface area contributed by atoms with Crippen LogP contribution in [0.3, 0.4) is 0 Å². The number of hydrogen-bond acceptors (Lipinski definition) is 21. The number of benzene rings is 11. The number of pyridine rings is 4. The number of ether oxygens (including phenoxy) is 2. The third kappa shape index (κ3) is 17.0. The van der Waals surface area contributed by atoms with Crippen LogP contribution in [0, 0.1) is 17.5 Å². The summed E-state index contributed by atoms with van der Waals surface area (Å²) in [5.74, 6) is -1.92. The first-order valence-electron chi connectivity index (χ1n) is 38.2. The maximum absolute atomic E-state index is 14.2. The lowest BCUT2D eigenvalue weighted by atomic mass is 10.1. The molecule has 0 unspecified atom stereocenters. The molecule has 0 atom stereocenters. The summed E-state index contributed by atoms with van der Waals surface area (Å²) in [5, 5.41) is 45.7. The predicted octanol–water partition coefficient (Wildman–Crippen LogP) is 19.8. The molecular formula is C96H63BrClF3N4O18S3. The Morgan fingerprint density at radius 1 is 0.357 bits per heavy atom. The summed E-state index contributed by atoms with van der Waals surface area (Å²) < 4.78 is 80.0. The van der Waals surface area contributed by atoms with Gasteiger partial charge in [-0.3, -0.25) is 19.2 Å². The Morgan fingerprint density at radius 3 is 1.17 bits per heavy atom.